The lowest BCUT2D eigenvalue weighted by molar-refractivity contribution is -0.129. The zero-order valence-electron chi connectivity index (χ0n) is 11.6. The highest BCUT2D eigenvalue weighted by atomic mass is 32.2. The second kappa shape index (κ2) is 6.96. The average Bonchev–Trinajstić information content (AvgIpc) is 2.74. The Hall–Kier alpha value is -1.00. The molecule has 0 saturated carbocycles. The Labute approximate surface area is 119 Å². The fourth-order valence-electron chi connectivity index (χ4n) is 2.54. The third-order valence-corrected chi connectivity index (χ3v) is 4.15. The van der Waals surface area contributed by atoms with Crippen molar-refractivity contribution in [2.45, 2.75) is 32.0 Å². The molecule has 1 aliphatic rings. The van der Waals surface area contributed by atoms with E-state index < -0.39 is 0 Å². The van der Waals surface area contributed by atoms with E-state index in [0.29, 0.717) is 0 Å². The summed E-state index contributed by atoms with van der Waals surface area (Å²) in [5.41, 5.74) is 1.22. The first-order valence-corrected chi connectivity index (χ1v) is 8.25. The minimum Gasteiger partial charge on any atom is -0.325 e. The molecular formula is C15H22N2OS. The van der Waals surface area contributed by atoms with E-state index >= 15 is 0 Å². The molecule has 1 aromatic rings. The molecule has 0 bridgehead atoms. The van der Waals surface area contributed by atoms with Gasteiger partial charge in [0, 0.05) is 12.3 Å². The molecule has 0 radical (unpaired) electrons. The first kappa shape index (κ1) is 14.4. The van der Waals surface area contributed by atoms with Crippen molar-refractivity contribution < 1.29 is 4.79 Å². The van der Waals surface area contributed by atoms with Gasteiger partial charge in [-0.15, -0.1) is 0 Å². The molecule has 0 aromatic heterocycles. The quantitative estimate of drug-likeness (QED) is 0.865. The molecule has 1 N–H and O–H groups in total. The summed E-state index contributed by atoms with van der Waals surface area (Å²) in [7, 11) is 0. The fraction of sp³-hybridized carbons (Fsp3) is 0.533. The normalized spacial score (nSPS) is 23.1. The number of hydrogen-bond donors (Lipinski definition) is 1. The minimum atomic E-state index is -0.0609. The van der Waals surface area contributed by atoms with Crippen LogP contribution in [0.1, 0.15) is 18.9 Å². The van der Waals surface area contributed by atoms with Crippen molar-refractivity contribution in [3.63, 3.8) is 0 Å². The fourth-order valence-corrected chi connectivity index (χ4v) is 2.92. The van der Waals surface area contributed by atoms with Gasteiger partial charge in [-0.3, -0.25) is 10.1 Å². The number of nitrogens with zero attached hydrogens (tertiary/aromatic N) is 1. The molecule has 19 heavy (non-hydrogen) atoms. The van der Waals surface area contributed by atoms with Gasteiger partial charge in [-0.25, -0.2) is 0 Å². The average molecular weight is 278 g/mol. The number of hydrogen-bond acceptors (Lipinski definition) is 3. The summed E-state index contributed by atoms with van der Waals surface area (Å²) in [6.07, 6.45) is 4.03. The smallest absolute Gasteiger partial charge is 0.241 e. The van der Waals surface area contributed by atoms with Crippen molar-refractivity contribution in [1.82, 2.24) is 10.2 Å². The summed E-state index contributed by atoms with van der Waals surface area (Å²) in [6.45, 7) is 2.97. The van der Waals surface area contributed by atoms with Crippen LogP contribution >= 0.6 is 11.8 Å². The van der Waals surface area contributed by atoms with Crippen LogP contribution in [0, 0.1) is 0 Å². The number of carbonyl (C=O) groups is 1. The molecule has 0 spiro atoms. The molecule has 4 heteroatoms. The van der Waals surface area contributed by atoms with Crippen LogP contribution in [0.15, 0.2) is 30.3 Å². The second-order valence-electron chi connectivity index (χ2n) is 4.86. The highest BCUT2D eigenvalue weighted by molar-refractivity contribution is 7.98. The van der Waals surface area contributed by atoms with E-state index in [2.05, 4.69) is 30.6 Å². The Morgan fingerprint density at radius 1 is 1.32 bits per heavy atom. The maximum absolute atomic E-state index is 12.4. The second-order valence-corrected chi connectivity index (χ2v) is 5.84. The molecule has 1 aromatic carbocycles. The molecular weight excluding hydrogens is 256 g/mol. The van der Waals surface area contributed by atoms with Crippen molar-refractivity contribution in [2.75, 3.05) is 18.6 Å². The Morgan fingerprint density at radius 2 is 2.05 bits per heavy atom. The van der Waals surface area contributed by atoms with E-state index in [1.54, 1.807) is 11.8 Å². The lowest BCUT2D eigenvalue weighted by Crippen LogP contribution is -2.38. The maximum atomic E-state index is 12.4. The summed E-state index contributed by atoms with van der Waals surface area (Å²) < 4.78 is 0. The Balaban J connectivity index is 2.01. The first-order valence-electron chi connectivity index (χ1n) is 6.85. The van der Waals surface area contributed by atoms with Crippen molar-refractivity contribution in [3.8, 4) is 0 Å². The van der Waals surface area contributed by atoms with E-state index in [9.17, 15) is 4.79 Å². The van der Waals surface area contributed by atoms with Crippen molar-refractivity contribution in [2.24, 2.45) is 0 Å². The van der Waals surface area contributed by atoms with Gasteiger partial charge in [-0.05, 0) is 24.7 Å². The number of amides is 1. The van der Waals surface area contributed by atoms with E-state index in [0.717, 1.165) is 25.1 Å². The van der Waals surface area contributed by atoms with Crippen LogP contribution < -0.4 is 5.32 Å². The molecule has 3 nitrogen and oxygen atoms in total. The number of thioether (sulfide) groups is 1. The molecule has 0 aliphatic carbocycles. The number of nitrogens with one attached hydrogen (secondary N) is 1. The van der Waals surface area contributed by atoms with E-state index in [4.69, 9.17) is 0 Å². The third kappa shape index (κ3) is 3.51. The zero-order chi connectivity index (χ0) is 13.7. The van der Waals surface area contributed by atoms with Gasteiger partial charge in [-0.1, -0.05) is 37.3 Å². The highest BCUT2D eigenvalue weighted by Gasteiger charge is 2.37. The minimum absolute atomic E-state index is 0.0609. The van der Waals surface area contributed by atoms with E-state index in [-0.39, 0.29) is 18.1 Å². The van der Waals surface area contributed by atoms with Gasteiger partial charge < -0.3 is 4.90 Å². The summed E-state index contributed by atoms with van der Waals surface area (Å²) in [5.74, 6) is 1.26. The lowest BCUT2D eigenvalue weighted by Gasteiger charge is -2.22. The standard InChI is InChI=1S/C15H22N2OS/c1-3-14-16-13(11-12-7-5-4-6-8-12)15(18)17(14)9-10-19-2/h4-8,13-14,16H,3,9-11H2,1-2H3. The number of carbonyl (C=O) groups excluding carboxylic acids is 1. The van der Waals surface area contributed by atoms with Gasteiger partial charge in [0.15, 0.2) is 0 Å². The van der Waals surface area contributed by atoms with Crippen LogP contribution in [0.5, 0.6) is 0 Å². The molecule has 1 amide bonds. The topological polar surface area (TPSA) is 32.3 Å². The van der Waals surface area contributed by atoms with Gasteiger partial charge in [0.2, 0.25) is 5.91 Å². The maximum Gasteiger partial charge on any atom is 0.241 e. The van der Waals surface area contributed by atoms with E-state index in [1.807, 2.05) is 23.1 Å². The highest BCUT2D eigenvalue weighted by Crippen LogP contribution is 2.17. The molecule has 104 valence electrons. The number of rotatable bonds is 6. The molecule has 1 saturated heterocycles. The van der Waals surface area contributed by atoms with Crippen molar-refractivity contribution in [3.05, 3.63) is 35.9 Å². The molecule has 1 heterocycles. The Kier molecular flexibility index (Phi) is 5.28. The molecule has 1 fully saturated rings. The summed E-state index contributed by atoms with van der Waals surface area (Å²) in [4.78, 5) is 14.4. The molecule has 1 aliphatic heterocycles. The molecule has 2 atom stereocenters. The van der Waals surface area contributed by atoms with Crippen molar-refractivity contribution >= 4 is 17.7 Å². The monoisotopic (exact) mass is 278 g/mol. The number of benzene rings is 1. The van der Waals surface area contributed by atoms with Crippen LogP contribution in [0.25, 0.3) is 0 Å². The van der Waals surface area contributed by atoms with Gasteiger partial charge in [0.25, 0.3) is 0 Å². The third-order valence-electron chi connectivity index (χ3n) is 3.56. The van der Waals surface area contributed by atoms with Crippen LogP contribution in [0.4, 0.5) is 0 Å². The Morgan fingerprint density at radius 3 is 2.68 bits per heavy atom. The summed E-state index contributed by atoms with van der Waals surface area (Å²) in [5, 5.41) is 3.46. The van der Waals surface area contributed by atoms with Gasteiger partial charge in [-0.2, -0.15) is 11.8 Å². The van der Waals surface area contributed by atoms with Crippen molar-refractivity contribution in [1.29, 1.82) is 0 Å². The molecule has 2 rings (SSSR count). The molecule has 2 unspecified atom stereocenters. The lowest BCUT2D eigenvalue weighted by atomic mass is 10.1. The zero-order valence-corrected chi connectivity index (χ0v) is 12.5. The van der Waals surface area contributed by atoms with Gasteiger partial charge in [0.1, 0.15) is 0 Å². The van der Waals surface area contributed by atoms with E-state index in [1.165, 1.54) is 5.56 Å². The SMILES string of the molecule is CCC1NC(Cc2ccccc2)C(=O)N1CCSC. The largest absolute Gasteiger partial charge is 0.325 e. The predicted octanol–water partition coefficient (Wildman–Crippen LogP) is 2.13. The van der Waals surface area contributed by atoms with Crippen LogP contribution in [-0.2, 0) is 11.2 Å². The van der Waals surface area contributed by atoms with Gasteiger partial charge >= 0.3 is 0 Å². The van der Waals surface area contributed by atoms with Crippen LogP contribution in [0.3, 0.4) is 0 Å². The summed E-state index contributed by atoms with van der Waals surface area (Å²) in [6, 6.07) is 10.2. The predicted molar refractivity (Wildman–Crippen MR) is 81.2 cm³/mol. The first-order chi connectivity index (χ1) is 9.26. The van der Waals surface area contributed by atoms with Crippen LogP contribution in [-0.4, -0.2) is 41.6 Å². The van der Waals surface area contributed by atoms with Crippen LogP contribution in [0.2, 0.25) is 0 Å². The summed E-state index contributed by atoms with van der Waals surface area (Å²) >= 11 is 1.79. The Bertz CT molecular complexity index is 410. The van der Waals surface area contributed by atoms with Gasteiger partial charge in [0.05, 0.1) is 12.2 Å².